The average molecular weight is 1530 g/mol. The second-order valence-corrected chi connectivity index (χ2v) is 35.5. The van der Waals surface area contributed by atoms with Gasteiger partial charge in [-0.15, -0.1) is 0 Å². The SMILES string of the molecule is CC[C@@H]1C(c2ccccc2)C(C)C(C)C(c2ccccc2)[C@@H]1CC.CCc1cc(-c2cc(CC)c(CC)cc2C(C)(C)C)c(C(C)(C)C)cc1CC.CCc1ccc(-c2ccc(CC)c(CC)c2)cc1CC.CCc1ccc(C(C)(C)c2ccc3ccccc3c2)cc1CC.CCc1cccc(-c2cccc(CC)c2CC)c1CC. The van der Waals surface area contributed by atoms with Gasteiger partial charge >= 0.3 is 0 Å². The zero-order valence-corrected chi connectivity index (χ0v) is 77.1. The van der Waals surface area contributed by atoms with Gasteiger partial charge in [-0.1, -0.05) is 411 Å². The van der Waals surface area contributed by atoms with Crippen molar-refractivity contribution in [3.8, 4) is 33.4 Å². The fraction of sp³-hybridized carbons (Fsp3) is 0.443. The molecule has 0 spiro atoms. The van der Waals surface area contributed by atoms with E-state index in [1.807, 2.05) is 0 Å². The Morgan fingerprint density at radius 3 is 0.896 bits per heavy atom. The highest BCUT2D eigenvalue weighted by atomic mass is 14.5. The zero-order valence-electron chi connectivity index (χ0n) is 77.1. The van der Waals surface area contributed by atoms with Gasteiger partial charge in [-0.25, -0.2) is 0 Å². The third kappa shape index (κ3) is 22.1. The second-order valence-electron chi connectivity index (χ2n) is 35.5. The molecule has 1 aliphatic carbocycles. The molecule has 0 heterocycles. The predicted molar refractivity (Wildman–Crippen MR) is 511 cm³/mol. The summed E-state index contributed by atoms with van der Waals surface area (Å²) in [7, 11) is 0. The summed E-state index contributed by atoms with van der Waals surface area (Å²) in [6, 6.07) is 82.5. The molecule has 0 radical (unpaired) electrons. The number of hydrogen-bond acceptors (Lipinski definition) is 0. The molecule has 0 aromatic heterocycles. The Hall–Kier alpha value is -8.32. The summed E-state index contributed by atoms with van der Waals surface area (Å²) in [6.07, 6.45) is 18.1. The maximum absolute atomic E-state index is 2.51. The van der Waals surface area contributed by atoms with E-state index in [1.54, 1.807) is 11.1 Å². The minimum Gasteiger partial charge on any atom is -0.0651 e. The van der Waals surface area contributed by atoms with Crippen molar-refractivity contribution in [2.75, 3.05) is 0 Å². The molecule has 11 aromatic rings. The summed E-state index contributed by atoms with van der Waals surface area (Å²) in [5, 5.41) is 2.63. The highest BCUT2D eigenvalue weighted by Crippen LogP contribution is 2.56. The van der Waals surface area contributed by atoms with Crippen LogP contribution in [-0.4, -0.2) is 0 Å². The van der Waals surface area contributed by atoms with E-state index in [1.165, 1.54) is 157 Å². The Balaban J connectivity index is 0.000000181. The van der Waals surface area contributed by atoms with E-state index in [2.05, 4.69) is 398 Å². The first kappa shape index (κ1) is 92.2. The fourth-order valence-electron chi connectivity index (χ4n) is 19.6. The van der Waals surface area contributed by atoms with Gasteiger partial charge in [0.15, 0.2) is 0 Å². The summed E-state index contributed by atoms with van der Waals surface area (Å²) in [5.74, 6) is 4.35. The van der Waals surface area contributed by atoms with Crippen LogP contribution in [0, 0.1) is 23.7 Å². The lowest BCUT2D eigenvalue weighted by Crippen LogP contribution is -2.41. The number of rotatable bonds is 23. The van der Waals surface area contributed by atoms with Gasteiger partial charge in [-0.3, -0.25) is 0 Å². The average Bonchev–Trinajstić information content (AvgIpc) is 0.798. The van der Waals surface area contributed by atoms with Gasteiger partial charge < -0.3 is 0 Å². The monoisotopic (exact) mass is 1530 g/mol. The van der Waals surface area contributed by atoms with Crippen LogP contribution in [0.1, 0.15) is 316 Å². The number of aryl methyl sites for hydroxylation is 12. The van der Waals surface area contributed by atoms with Crippen molar-refractivity contribution >= 4 is 10.8 Å². The third-order valence-electron chi connectivity index (χ3n) is 26.6. The van der Waals surface area contributed by atoms with Gasteiger partial charge in [-0.2, -0.15) is 0 Å². The molecule has 1 fully saturated rings. The molecule has 6 atom stereocenters. The van der Waals surface area contributed by atoms with Crippen molar-refractivity contribution in [3.63, 3.8) is 0 Å². The standard InChI is InChI=1S/C28H42.C24H32.C23H26.2C20H26/c1-11-19-15-23(25(27(5,6)7)17-21(19)13-3)24-16-20(12-2)22(14-4)18-26(24)28(8,9)10;1-5-21-22(6-2)24(20-15-11-8-12-16-20)18(4)17(3)23(21)19-13-9-7-10-14-19;1-5-17-11-13-21(15-18(17)6-2)23(3,4)22-14-12-19-9-7-8-10-20(19)16-22;1-5-15-9-11-19(13-17(15)7-3)20-12-10-16(6-2)18(8-4)14-20;1-5-15-11-9-13-19(17(15)7-3)20-14-10-12-16(6-2)18(20)8-4/h15-18H,11-14H2,1-10H3;7-18,21-24H,5-6H2,1-4H3;7-16H,5-6H2,1-4H3;2*9-14H,5-8H2,1-4H3/t;17?,18?,21-,22+,23?,24?;;;. The van der Waals surface area contributed by atoms with Crippen molar-refractivity contribution in [2.45, 2.75) is 311 Å². The van der Waals surface area contributed by atoms with Crippen molar-refractivity contribution in [2.24, 2.45) is 23.7 Å². The Morgan fingerprint density at radius 1 is 0.235 bits per heavy atom. The number of fused-ring (bicyclic) bond motifs is 1. The molecule has 612 valence electrons. The number of hydrogen-bond donors (Lipinski definition) is 0. The molecule has 0 heteroatoms. The molecule has 0 saturated heterocycles. The lowest BCUT2D eigenvalue weighted by atomic mass is 9.54. The van der Waals surface area contributed by atoms with E-state index >= 15 is 0 Å². The van der Waals surface area contributed by atoms with E-state index in [-0.39, 0.29) is 16.2 Å². The quantitative estimate of drug-likeness (QED) is 0.0599. The van der Waals surface area contributed by atoms with E-state index in [9.17, 15) is 0 Å². The molecule has 12 rings (SSSR count). The smallest absolute Gasteiger partial charge is 0.0146 e. The van der Waals surface area contributed by atoms with Crippen LogP contribution in [0.15, 0.2) is 218 Å². The van der Waals surface area contributed by atoms with Crippen LogP contribution in [0.2, 0.25) is 0 Å². The summed E-state index contributed by atoms with van der Waals surface area (Å²) in [4.78, 5) is 0. The highest BCUT2D eigenvalue weighted by Gasteiger charge is 2.46. The molecule has 115 heavy (non-hydrogen) atoms. The molecular formula is C115H152. The highest BCUT2D eigenvalue weighted by molar-refractivity contribution is 5.84. The zero-order chi connectivity index (χ0) is 83.9. The van der Waals surface area contributed by atoms with Crippen LogP contribution in [0.5, 0.6) is 0 Å². The first-order chi connectivity index (χ1) is 55.2. The Labute approximate surface area is 703 Å². The van der Waals surface area contributed by atoms with Gasteiger partial charge in [0.2, 0.25) is 0 Å². The van der Waals surface area contributed by atoms with Gasteiger partial charge in [-0.05, 0) is 292 Å². The Kier molecular flexibility index (Phi) is 34.7. The minimum absolute atomic E-state index is 0.0141. The topological polar surface area (TPSA) is 0 Å². The molecular weight excluding hydrogens is 1380 g/mol. The summed E-state index contributed by atoms with van der Waals surface area (Å²) < 4.78 is 0. The normalized spacial score (nSPS) is 16.1. The molecule has 0 nitrogen and oxygen atoms in total. The van der Waals surface area contributed by atoms with Crippen LogP contribution in [0.4, 0.5) is 0 Å². The fourth-order valence-corrected chi connectivity index (χ4v) is 19.6. The Morgan fingerprint density at radius 2 is 0.548 bits per heavy atom. The summed E-state index contributed by atoms with van der Waals surface area (Å²) in [6.45, 7) is 60.2. The van der Waals surface area contributed by atoms with E-state index in [0.717, 1.165) is 102 Å². The first-order valence-electron chi connectivity index (χ1n) is 45.7. The summed E-state index contributed by atoms with van der Waals surface area (Å²) in [5.41, 5.74) is 38.6. The van der Waals surface area contributed by atoms with Crippen molar-refractivity contribution in [1.29, 1.82) is 0 Å². The molecule has 0 N–H and O–H groups in total. The number of benzene rings is 11. The molecule has 0 amide bonds. The van der Waals surface area contributed by atoms with Crippen molar-refractivity contribution in [1.82, 2.24) is 0 Å². The second kappa shape index (κ2) is 43.2. The molecule has 1 saturated carbocycles. The lowest BCUT2D eigenvalue weighted by Gasteiger charge is -2.51. The van der Waals surface area contributed by atoms with E-state index < -0.39 is 0 Å². The predicted octanol–water partition coefficient (Wildman–Crippen LogP) is 32.6. The van der Waals surface area contributed by atoms with Crippen molar-refractivity contribution in [3.05, 3.63) is 330 Å². The minimum atomic E-state index is 0.0141. The van der Waals surface area contributed by atoms with Gasteiger partial charge in [0.05, 0.1) is 0 Å². The van der Waals surface area contributed by atoms with E-state index in [4.69, 9.17) is 0 Å². The lowest BCUT2D eigenvalue weighted by molar-refractivity contribution is 0.0658. The molecule has 11 aromatic carbocycles. The molecule has 4 unspecified atom stereocenters. The third-order valence-corrected chi connectivity index (χ3v) is 26.6. The molecule has 1 aliphatic rings. The van der Waals surface area contributed by atoms with Gasteiger partial charge in [0, 0.05) is 5.41 Å². The maximum atomic E-state index is 2.51. The Bertz CT molecular complexity index is 4600. The maximum Gasteiger partial charge on any atom is 0.0146 e. The van der Waals surface area contributed by atoms with Crippen LogP contribution >= 0.6 is 0 Å². The van der Waals surface area contributed by atoms with Crippen LogP contribution < -0.4 is 0 Å². The van der Waals surface area contributed by atoms with Gasteiger partial charge in [0.25, 0.3) is 0 Å². The first-order valence-corrected chi connectivity index (χ1v) is 45.7. The van der Waals surface area contributed by atoms with Crippen LogP contribution in [0.3, 0.4) is 0 Å². The summed E-state index contributed by atoms with van der Waals surface area (Å²) >= 11 is 0. The van der Waals surface area contributed by atoms with Crippen LogP contribution in [0.25, 0.3) is 44.2 Å². The van der Waals surface area contributed by atoms with E-state index in [0.29, 0.717) is 23.7 Å². The van der Waals surface area contributed by atoms with Crippen molar-refractivity contribution < 1.29 is 0 Å². The largest absolute Gasteiger partial charge is 0.0651 e. The molecule has 0 aliphatic heterocycles. The van der Waals surface area contributed by atoms with Crippen LogP contribution in [-0.2, 0) is 106 Å². The van der Waals surface area contributed by atoms with Gasteiger partial charge in [0.1, 0.15) is 0 Å². The molecule has 0 bridgehead atoms.